The Kier molecular flexibility index (Phi) is 11.6. The summed E-state index contributed by atoms with van der Waals surface area (Å²) in [5.74, 6) is 0.942. The molecule has 2 amide bonds. The molecular weight excluding hydrogens is 549 g/mol. The van der Waals surface area contributed by atoms with E-state index in [1.54, 1.807) is 36.5 Å². The molecule has 0 saturated heterocycles. The fraction of sp³-hybridized carbons (Fsp3) is 0.321. The van der Waals surface area contributed by atoms with Crippen LogP contribution in [0, 0.1) is 0 Å². The minimum atomic E-state index is -4.64. The number of hydrogen-bond donors (Lipinski definition) is 3. The van der Waals surface area contributed by atoms with E-state index in [1.807, 2.05) is 6.07 Å². The first-order valence-electron chi connectivity index (χ1n) is 12.6. The van der Waals surface area contributed by atoms with Gasteiger partial charge in [-0.3, -0.25) is 9.78 Å². The van der Waals surface area contributed by atoms with Gasteiger partial charge in [0.05, 0.1) is 23.4 Å². The van der Waals surface area contributed by atoms with E-state index in [2.05, 4.69) is 25.7 Å². The van der Waals surface area contributed by atoms with E-state index < -0.39 is 22.8 Å². The van der Waals surface area contributed by atoms with Gasteiger partial charge in [0.1, 0.15) is 11.5 Å². The third kappa shape index (κ3) is 10.4. The minimum Gasteiger partial charge on any atom is -0.469 e. The number of unbranched alkanes of at least 4 members (excludes halogenated alkanes) is 3. The van der Waals surface area contributed by atoms with Gasteiger partial charge in [-0.25, -0.2) is 4.79 Å². The van der Waals surface area contributed by atoms with Crippen LogP contribution in [0.1, 0.15) is 43.4 Å². The minimum absolute atomic E-state index is 0.0483. The van der Waals surface area contributed by atoms with Gasteiger partial charge in [-0.2, -0.15) is 13.2 Å². The number of carbonyl (C=O) groups is 2. The Morgan fingerprint density at radius 1 is 0.900 bits per heavy atom. The summed E-state index contributed by atoms with van der Waals surface area (Å²) in [4.78, 5) is 27.7. The molecule has 3 N–H and O–H groups in total. The Hall–Kier alpha value is -3.83. The number of nitrogens with one attached hydrogen (secondary N) is 3. The predicted molar refractivity (Wildman–Crippen MR) is 147 cm³/mol. The van der Waals surface area contributed by atoms with Gasteiger partial charge in [0.15, 0.2) is 0 Å². The quantitative estimate of drug-likeness (QED) is 0.144. The number of anilines is 2. The molecule has 1 heterocycles. The number of ether oxygens (including phenoxy) is 2. The molecule has 1 aromatic heterocycles. The number of carbonyl (C=O) groups excluding carboxylic acids is 2. The molecule has 0 bridgehead atoms. The van der Waals surface area contributed by atoms with E-state index in [-0.39, 0.29) is 11.7 Å². The zero-order chi connectivity index (χ0) is 29.0. The van der Waals surface area contributed by atoms with Gasteiger partial charge in [-0.1, -0.05) is 24.4 Å². The fourth-order valence-electron chi connectivity index (χ4n) is 3.66. The normalized spacial score (nSPS) is 11.1. The molecule has 3 aromatic rings. The maximum atomic E-state index is 13.0. The zero-order valence-corrected chi connectivity index (χ0v) is 22.6. The van der Waals surface area contributed by atoms with Crippen LogP contribution in [0.15, 0.2) is 60.8 Å². The highest BCUT2D eigenvalue weighted by Gasteiger charge is 2.33. The highest BCUT2D eigenvalue weighted by Crippen LogP contribution is 2.36. The molecule has 3 rings (SSSR count). The van der Waals surface area contributed by atoms with Gasteiger partial charge in [-0.05, 0) is 67.9 Å². The number of methoxy groups -OCH3 is 1. The van der Waals surface area contributed by atoms with Crippen molar-refractivity contribution in [2.45, 2.75) is 44.8 Å². The number of esters is 1. The first-order chi connectivity index (χ1) is 19.1. The third-order valence-electron chi connectivity index (χ3n) is 5.68. The summed E-state index contributed by atoms with van der Waals surface area (Å²) in [6.07, 6.45) is 1.28. The van der Waals surface area contributed by atoms with Crippen LogP contribution in [0.25, 0.3) is 0 Å². The Morgan fingerprint density at radius 3 is 2.33 bits per heavy atom. The smallest absolute Gasteiger partial charge is 0.417 e. The molecule has 0 spiro atoms. The lowest BCUT2D eigenvalue weighted by atomic mass is 10.1. The average molecular weight is 579 g/mol. The molecule has 0 radical (unpaired) electrons. The molecule has 0 saturated carbocycles. The SMILES string of the molecule is COC(=O)CCCCCCNCc1cc(Oc2ccc(NC(=O)Nc3ccc(Cl)c(C(F)(F)F)c3)cc2)ccn1. The van der Waals surface area contributed by atoms with E-state index in [4.69, 9.17) is 16.3 Å². The van der Waals surface area contributed by atoms with Crippen molar-refractivity contribution in [2.24, 2.45) is 0 Å². The number of pyridine rings is 1. The van der Waals surface area contributed by atoms with Crippen molar-refractivity contribution in [1.29, 1.82) is 0 Å². The van der Waals surface area contributed by atoms with Crippen LogP contribution in [0.5, 0.6) is 11.5 Å². The summed E-state index contributed by atoms with van der Waals surface area (Å²) in [5.41, 5.74) is 0.147. The number of halogens is 4. The van der Waals surface area contributed by atoms with Crippen molar-refractivity contribution in [1.82, 2.24) is 10.3 Å². The molecule has 12 heteroatoms. The van der Waals surface area contributed by atoms with Crippen molar-refractivity contribution < 1.29 is 32.2 Å². The van der Waals surface area contributed by atoms with Crippen molar-refractivity contribution >= 4 is 35.0 Å². The second kappa shape index (κ2) is 15.1. The Labute approximate surface area is 235 Å². The van der Waals surface area contributed by atoms with Crippen LogP contribution in [0.3, 0.4) is 0 Å². The maximum Gasteiger partial charge on any atom is 0.417 e. The van der Waals surface area contributed by atoms with Crippen molar-refractivity contribution in [3.8, 4) is 11.5 Å². The summed E-state index contributed by atoms with van der Waals surface area (Å²) in [5, 5.41) is 7.81. The van der Waals surface area contributed by atoms with E-state index >= 15 is 0 Å². The summed E-state index contributed by atoms with van der Waals surface area (Å²) in [7, 11) is 1.39. The van der Waals surface area contributed by atoms with Crippen molar-refractivity contribution in [3.05, 3.63) is 77.1 Å². The molecule has 8 nitrogen and oxygen atoms in total. The summed E-state index contributed by atoms with van der Waals surface area (Å²) in [6.45, 7) is 1.41. The number of aromatic nitrogens is 1. The first-order valence-corrected chi connectivity index (χ1v) is 13.0. The zero-order valence-electron chi connectivity index (χ0n) is 21.8. The van der Waals surface area contributed by atoms with E-state index in [0.29, 0.717) is 30.2 Å². The lowest BCUT2D eigenvalue weighted by Crippen LogP contribution is -2.19. The van der Waals surface area contributed by atoms with Crippen molar-refractivity contribution in [2.75, 3.05) is 24.3 Å². The number of rotatable bonds is 13. The summed E-state index contributed by atoms with van der Waals surface area (Å²) in [6, 6.07) is 12.5. The maximum absolute atomic E-state index is 13.0. The lowest BCUT2D eigenvalue weighted by Gasteiger charge is -2.13. The Morgan fingerprint density at radius 2 is 1.60 bits per heavy atom. The molecule has 0 unspecified atom stereocenters. The standard InChI is InChI=1S/C28H30ClF3N4O4/c1-39-26(37)6-4-2-3-5-14-33-18-21-16-23(13-15-34-21)40-22-10-7-19(8-11-22)35-27(38)36-20-9-12-25(29)24(17-20)28(30,31)32/h7-13,15-17,33H,2-6,14,18H2,1H3,(H2,35,36,38). The lowest BCUT2D eigenvalue weighted by molar-refractivity contribution is -0.140. The molecule has 0 atom stereocenters. The number of alkyl halides is 3. The van der Waals surface area contributed by atoms with Crippen LogP contribution >= 0.6 is 11.6 Å². The van der Waals surface area contributed by atoms with Gasteiger partial charge >= 0.3 is 18.2 Å². The predicted octanol–water partition coefficient (Wildman–Crippen LogP) is 7.40. The van der Waals surface area contributed by atoms with Crippen LogP contribution in [-0.4, -0.2) is 30.6 Å². The van der Waals surface area contributed by atoms with Gasteiger partial charge in [0.2, 0.25) is 0 Å². The average Bonchev–Trinajstić information content (AvgIpc) is 2.91. The monoisotopic (exact) mass is 578 g/mol. The number of urea groups is 1. The fourth-order valence-corrected chi connectivity index (χ4v) is 3.89. The molecule has 214 valence electrons. The first kappa shape index (κ1) is 30.7. The molecular formula is C28H30ClF3N4O4. The van der Waals surface area contributed by atoms with E-state index in [9.17, 15) is 22.8 Å². The molecule has 40 heavy (non-hydrogen) atoms. The molecule has 0 fully saturated rings. The Bertz CT molecular complexity index is 1270. The van der Waals surface area contributed by atoms with Gasteiger partial charge < -0.3 is 25.4 Å². The van der Waals surface area contributed by atoms with Crippen LogP contribution in [0.4, 0.5) is 29.3 Å². The molecule has 0 aliphatic heterocycles. The second-order valence-corrected chi connectivity index (χ2v) is 9.21. The van der Waals surface area contributed by atoms with E-state index in [0.717, 1.165) is 50.1 Å². The number of amides is 2. The topological polar surface area (TPSA) is 102 Å². The number of benzene rings is 2. The second-order valence-electron chi connectivity index (χ2n) is 8.80. The largest absolute Gasteiger partial charge is 0.469 e. The van der Waals surface area contributed by atoms with Crippen LogP contribution < -0.4 is 20.7 Å². The van der Waals surface area contributed by atoms with Crippen LogP contribution in [-0.2, 0) is 22.3 Å². The van der Waals surface area contributed by atoms with Crippen LogP contribution in [0.2, 0.25) is 5.02 Å². The molecule has 0 aliphatic carbocycles. The highest BCUT2D eigenvalue weighted by molar-refractivity contribution is 6.31. The van der Waals surface area contributed by atoms with Gasteiger partial charge in [0.25, 0.3) is 0 Å². The van der Waals surface area contributed by atoms with E-state index in [1.165, 1.54) is 13.2 Å². The third-order valence-corrected chi connectivity index (χ3v) is 6.01. The number of nitrogens with zero attached hydrogens (tertiary/aromatic N) is 1. The Balaban J connectivity index is 1.42. The highest BCUT2D eigenvalue weighted by atomic mass is 35.5. The summed E-state index contributed by atoms with van der Waals surface area (Å²) >= 11 is 5.61. The summed E-state index contributed by atoms with van der Waals surface area (Å²) < 4.78 is 49.6. The molecule has 2 aromatic carbocycles. The van der Waals surface area contributed by atoms with Gasteiger partial charge in [0, 0.05) is 36.6 Å². The molecule has 0 aliphatic rings. The number of hydrogen-bond acceptors (Lipinski definition) is 6. The van der Waals surface area contributed by atoms with Gasteiger partial charge in [-0.15, -0.1) is 0 Å². The van der Waals surface area contributed by atoms with Crippen molar-refractivity contribution in [3.63, 3.8) is 0 Å².